The van der Waals surface area contributed by atoms with Crippen LogP contribution in [-0.4, -0.2) is 35.8 Å². The maximum atomic E-state index is 14.6. The van der Waals surface area contributed by atoms with Gasteiger partial charge in [-0.25, -0.2) is 4.98 Å². The van der Waals surface area contributed by atoms with Crippen LogP contribution in [0.5, 0.6) is 5.75 Å². The van der Waals surface area contributed by atoms with Crippen LogP contribution in [0.3, 0.4) is 0 Å². The van der Waals surface area contributed by atoms with E-state index in [1.54, 1.807) is 0 Å². The fourth-order valence-electron chi connectivity index (χ4n) is 4.29. The third-order valence-corrected chi connectivity index (χ3v) is 7.31. The van der Waals surface area contributed by atoms with Crippen molar-refractivity contribution in [2.75, 3.05) is 5.32 Å². The second-order valence-electron chi connectivity index (χ2n) is 8.42. The minimum absolute atomic E-state index is 0.0596. The Hall–Kier alpha value is -4.08. The lowest BCUT2D eigenvalue weighted by Gasteiger charge is -2.34. The summed E-state index contributed by atoms with van der Waals surface area (Å²) in [6.45, 7) is 0. The van der Waals surface area contributed by atoms with Crippen molar-refractivity contribution in [3.63, 3.8) is 0 Å². The van der Waals surface area contributed by atoms with E-state index in [1.165, 1.54) is 30.3 Å². The van der Waals surface area contributed by atoms with Crippen molar-refractivity contribution in [2.45, 2.75) is 23.3 Å². The molecule has 0 bridgehead atoms. The fourth-order valence-corrected chi connectivity index (χ4v) is 5.46. The molecule has 4 aromatic rings. The monoisotopic (exact) mass is 570 g/mol. The molecule has 0 saturated heterocycles. The Kier molecular flexibility index (Phi) is 6.12. The van der Waals surface area contributed by atoms with Crippen LogP contribution in [-0.2, 0) is 6.18 Å². The van der Waals surface area contributed by atoms with E-state index in [0.29, 0.717) is 6.07 Å². The third-order valence-electron chi connectivity index (χ3n) is 5.93. The molecule has 1 aliphatic rings. The zero-order valence-electron chi connectivity index (χ0n) is 19.2. The molecule has 0 saturated carbocycles. The summed E-state index contributed by atoms with van der Waals surface area (Å²) < 4.78 is 109. The van der Waals surface area contributed by atoms with Crippen molar-refractivity contribution in [3.05, 3.63) is 93.9 Å². The Morgan fingerprint density at radius 3 is 2.36 bits per heavy atom. The molecule has 5 rings (SSSR count). The van der Waals surface area contributed by atoms with Crippen molar-refractivity contribution in [1.29, 1.82) is 0 Å². The molecule has 1 aliphatic heterocycles. The van der Waals surface area contributed by atoms with E-state index in [0.717, 1.165) is 24.4 Å². The van der Waals surface area contributed by atoms with Crippen molar-refractivity contribution in [1.82, 2.24) is 9.55 Å². The number of halogens is 6. The molecule has 0 radical (unpaired) electrons. The maximum Gasteiger partial charge on any atom is 0.416 e. The predicted octanol–water partition coefficient (Wildman–Crippen LogP) is 6.17. The van der Waals surface area contributed by atoms with Gasteiger partial charge in [-0.05, 0) is 42.0 Å². The molecule has 1 atom stereocenters. The summed E-state index contributed by atoms with van der Waals surface area (Å²) >= 11 is 0. The first-order valence-electron chi connectivity index (χ1n) is 10.9. The quantitative estimate of drug-likeness (QED) is 0.219. The number of hydrogen-bond acceptors (Lipinski definition) is 7. The highest BCUT2D eigenvalue weighted by atomic mass is 32.3. The Bertz CT molecular complexity index is 1700. The lowest BCUT2D eigenvalue weighted by Crippen LogP contribution is -2.39. The molecule has 204 valence electrons. The van der Waals surface area contributed by atoms with Gasteiger partial charge in [0.1, 0.15) is 21.9 Å². The Morgan fingerprint density at radius 2 is 1.67 bits per heavy atom. The van der Waals surface area contributed by atoms with Gasteiger partial charge in [0.2, 0.25) is 0 Å². The van der Waals surface area contributed by atoms with Crippen LogP contribution < -0.4 is 10.9 Å². The van der Waals surface area contributed by atoms with Gasteiger partial charge in [-0.3, -0.25) is 18.5 Å². The Labute approximate surface area is 216 Å². The van der Waals surface area contributed by atoms with E-state index in [-0.39, 0.29) is 26.6 Å². The number of amidine groups is 1. The fraction of sp³-hybridized carbons (Fsp3) is 0.125. The zero-order valence-corrected chi connectivity index (χ0v) is 20.0. The minimum Gasteiger partial charge on any atom is -0.506 e. The highest BCUT2D eigenvalue weighted by Crippen LogP contribution is 2.55. The topological polar surface area (TPSA) is 120 Å². The SMILES string of the molecule is O=c1c(C2=NS(O)(O)c3ccccc3N2)c(O)c2cccnc2n1C(c1cccc(C(F)(F)F)c1)C(F)(F)F. The van der Waals surface area contributed by atoms with E-state index < -0.39 is 68.7 Å². The Balaban J connectivity index is 1.84. The van der Waals surface area contributed by atoms with Gasteiger partial charge in [-0.1, -0.05) is 35.0 Å². The predicted molar refractivity (Wildman–Crippen MR) is 131 cm³/mol. The molecule has 2 aromatic carbocycles. The van der Waals surface area contributed by atoms with Crippen LogP contribution in [0.15, 0.2) is 80.9 Å². The van der Waals surface area contributed by atoms with E-state index >= 15 is 0 Å². The highest BCUT2D eigenvalue weighted by molar-refractivity contribution is 8.23. The number of alkyl halides is 6. The smallest absolute Gasteiger partial charge is 0.416 e. The molecule has 0 amide bonds. The first kappa shape index (κ1) is 26.5. The number of nitrogens with zero attached hydrogens (tertiary/aromatic N) is 3. The van der Waals surface area contributed by atoms with E-state index in [1.807, 2.05) is 0 Å². The van der Waals surface area contributed by atoms with Gasteiger partial charge in [-0.15, -0.1) is 4.40 Å². The van der Waals surface area contributed by atoms with Gasteiger partial charge in [-0.2, -0.15) is 26.3 Å². The summed E-state index contributed by atoms with van der Waals surface area (Å²) in [5, 5.41) is 13.2. The second kappa shape index (κ2) is 9.00. The molecular formula is C24H16F6N4O4S. The summed E-state index contributed by atoms with van der Waals surface area (Å²) in [4.78, 5) is 17.5. The first-order valence-corrected chi connectivity index (χ1v) is 12.4. The summed E-state index contributed by atoms with van der Waals surface area (Å²) in [5.74, 6) is -1.52. The average Bonchev–Trinajstić information content (AvgIpc) is 2.85. The molecule has 39 heavy (non-hydrogen) atoms. The third kappa shape index (κ3) is 4.57. The lowest BCUT2D eigenvalue weighted by molar-refractivity contribution is -0.157. The normalized spacial score (nSPS) is 16.7. The molecule has 2 aromatic heterocycles. The van der Waals surface area contributed by atoms with Gasteiger partial charge in [0.15, 0.2) is 11.9 Å². The zero-order chi connectivity index (χ0) is 28.3. The van der Waals surface area contributed by atoms with Crippen molar-refractivity contribution >= 4 is 33.3 Å². The number of aromatic hydroxyl groups is 1. The molecule has 0 aliphatic carbocycles. The number of nitrogens with one attached hydrogen (secondary N) is 1. The van der Waals surface area contributed by atoms with Crippen LogP contribution >= 0.6 is 10.8 Å². The largest absolute Gasteiger partial charge is 0.506 e. The lowest BCUT2D eigenvalue weighted by atomic mass is 10.0. The van der Waals surface area contributed by atoms with Crippen LogP contribution in [0.4, 0.5) is 32.0 Å². The highest BCUT2D eigenvalue weighted by Gasteiger charge is 2.46. The van der Waals surface area contributed by atoms with Crippen molar-refractivity contribution in [3.8, 4) is 5.75 Å². The molecular weight excluding hydrogens is 554 g/mol. The molecule has 0 fully saturated rings. The van der Waals surface area contributed by atoms with Crippen LogP contribution in [0, 0.1) is 0 Å². The minimum atomic E-state index is -5.32. The van der Waals surface area contributed by atoms with Crippen LogP contribution in [0.2, 0.25) is 0 Å². The number of hydrogen-bond donors (Lipinski definition) is 4. The molecule has 0 spiro atoms. The summed E-state index contributed by atoms with van der Waals surface area (Å²) in [7, 11) is -3.96. The molecule has 4 N–H and O–H groups in total. The summed E-state index contributed by atoms with van der Waals surface area (Å²) in [6, 6.07) is 7.54. The van der Waals surface area contributed by atoms with E-state index in [9.17, 15) is 45.3 Å². The number of benzene rings is 2. The molecule has 1 unspecified atom stereocenters. The molecule has 3 heterocycles. The van der Waals surface area contributed by atoms with Crippen molar-refractivity contribution in [2.24, 2.45) is 4.40 Å². The number of rotatable bonds is 3. The van der Waals surface area contributed by atoms with E-state index in [2.05, 4.69) is 14.7 Å². The van der Waals surface area contributed by atoms with Gasteiger partial charge in [0.25, 0.3) is 5.56 Å². The maximum absolute atomic E-state index is 14.6. The number of para-hydroxylation sites is 1. The Morgan fingerprint density at radius 1 is 0.949 bits per heavy atom. The first-order chi connectivity index (χ1) is 18.2. The molecule has 8 nitrogen and oxygen atoms in total. The van der Waals surface area contributed by atoms with Gasteiger partial charge in [0, 0.05) is 6.20 Å². The summed E-state index contributed by atoms with van der Waals surface area (Å²) in [6.07, 6.45) is -9.25. The van der Waals surface area contributed by atoms with Crippen LogP contribution in [0.1, 0.15) is 22.7 Å². The van der Waals surface area contributed by atoms with Gasteiger partial charge >= 0.3 is 12.4 Å². The number of aromatic nitrogens is 2. The average molecular weight is 570 g/mol. The number of anilines is 1. The number of fused-ring (bicyclic) bond motifs is 2. The molecule has 15 heteroatoms. The van der Waals surface area contributed by atoms with E-state index in [4.69, 9.17) is 0 Å². The van der Waals surface area contributed by atoms with Crippen molar-refractivity contribution < 1.29 is 40.6 Å². The van der Waals surface area contributed by atoms with Crippen LogP contribution in [0.25, 0.3) is 11.0 Å². The number of pyridine rings is 2. The standard InChI is InChI=1S/C24H16F6N4O4S/c25-23(26,27)13-6-3-5-12(11-13)19(24(28,29)30)34-21-14(7-4-10-31-21)18(35)17(22(34)36)20-32-15-8-1-2-9-16(15)39(37,38)33-20/h1-11,19,35,37-38H,(H,32,33). The summed E-state index contributed by atoms with van der Waals surface area (Å²) in [5.41, 5.74) is -5.32. The van der Waals surface area contributed by atoms with Gasteiger partial charge < -0.3 is 10.4 Å². The second-order valence-corrected chi connectivity index (χ2v) is 10.1. The van der Waals surface area contributed by atoms with Gasteiger partial charge in [0.05, 0.1) is 16.6 Å².